The summed E-state index contributed by atoms with van der Waals surface area (Å²) >= 11 is 5.89. The monoisotopic (exact) mass is 295 g/mol. The van der Waals surface area contributed by atoms with Crippen molar-refractivity contribution >= 4 is 21.4 Å². The zero-order valence-electron chi connectivity index (χ0n) is 10.1. The molecule has 0 amide bonds. The van der Waals surface area contributed by atoms with Gasteiger partial charge < -0.3 is 0 Å². The van der Waals surface area contributed by atoms with Crippen LogP contribution in [0.15, 0.2) is 23.4 Å². The Bertz CT molecular complexity index is 775. The molecular formula is C12H10ClN3O2S. The molecule has 0 radical (unpaired) electrons. The fourth-order valence-corrected chi connectivity index (χ4v) is 4.03. The second-order valence-electron chi connectivity index (χ2n) is 4.38. The number of sulfone groups is 1. The maximum absolute atomic E-state index is 12.1. The first-order chi connectivity index (χ1) is 8.99. The maximum Gasteiger partial charge on any atom is 0.223 e. The highest BCUT2D eigenvalue weighted by atomic mass is 35.5. The number of hydrogen-bond acceptors (Lipinski definition) is 5. The van der Waals surface area contributed by atoms with E-state index < -0.39 is 9.84 Å². The Morgan fingerprint density at radius 2 is 2.11 bits per heavy atom. The lowest BCUT2D eigenvalue weighted by Gasteiger charge is -2.09. The zero-order chi connectivity index (χ0) is 13.6. The topological polar surface area (TPSA) is 72.8 Å². The van der Waals surface area contributed by atoms with Gasteiger partial charge >= 0.3 is 0 Å². The van der Waals surface area contributed by atoms with E-state index in [1.807, 2.05) is 6.92 Å². The summed E-state index contributed by atoms with van der Waals surface area (Å²) in [5, 5.41) is 0.0714. The molecule has 0 saturated carbocycles. The third-order valence-corrected chi connectivity index (χ3v) is 5.06. The minimum Gasteiger partial charge on any atom is -0.264 e. The summed E-state index contributed by atoms with van der Waals surface area (Å²) in [5.74, 6) is 0.0640. The molecule has 0 unspecified atom stereocenters. The van der Waals surface area contributed by atoms with Crippen LogP contribution >= 0.6 is 11.6 Å². The van der Waals surface area contributed by atoms with Gasteiger partial charge in [0.1, 0.15) is 4.90 Å². The molecule has 0 N–H and O–H groups in total. The van der Waals surface area contributed by atoms with Crippen molar-refractivity contribution in [1.82, 2.24) is 15.0 Å². The standard InChI is InChI=1S/C12H10ClN3O2S/c1-7-6-14-4-2-8(7)10-11-9(15-12(13)16-10)3-5-19(11,17)18/h2,4,6H,3,5H2,1H3. The minimum absolute atomic E-state index is 0.0640. The summed E-state index contributed by atoms with van der Waals surface area (Å²) in [7, 11) is -3.32. The fraction of sp³-hybridized carbons (Fsp3) is 0.250. The molecule has 1 aliphatic rings. The maximum atomic E-state index is 12.1. The summed E-state index contributed by atoms with van der Waals surface area (Å²) < 4.78 is 24.3. The molecule has 0 aromatic carbocycles. The molecule has 1 aliphatic heterocycles. The Kier molecular flexibility index (Phi) is 2.79. The lowest BCUT2D eigenvalue weighted by atomic mass is 10.1. The Balaban J connectivity index is 2.38. The van der Waals surface area contributed by atoms with Gasteiger partial charge in [-0.15, -0.1) is 0 Å². The number of nitrogens with zero attached hydrogens (tertiary/aromatic N) is 3. The first-order valence-electron chi connectivity index (χ1n) is 5.69. The van der Waals surface area contributed by atoms with E-state index in [1.54, 1.807) is 18.5 Å². The van der Waals surface area contributed by atoms with Crippen molar-refractivity contribution in [3.8, 4) is 11.3 Å². The number of pyridine rings is 1. The summed E-state index contributed by atoms with van der Waals surface area (Å²) in [6, 6.07) is 1.74. The number of aromatic nitrogens is 3. The van der Waals surface area contributed by atoms with Crippen LogP contribution in [-0.2, 0) is 16.3 Å². The molecule has 3 heterocycles. The predicted molar refractivity (Wildman–Crippen MR) is 70.8 cm³/mol. The Labute approximate surface area is 115 Å². The van der Waals surface area contributed by atoms with Crippen molar-refractivity contribution in [2.24, 2.45) is 0 Å². The highest BCUT2D eigenvalue weighted by molar-refractivity contribution is 7.91. The van der Waals surface area contributed by atoms with E-state index in [0.717, 1.165) is 11.1 Å². The molecule has 7 heteroatoms. The van der Waals surface area contributed by atoms with Gasteiger partial charge in [0.2, 0.25) is 5.28 Å². The van der Waals surface area contributed by atoms with Gasteiger partial charge in [0, 0.05) is 24.4 Å². The van der Waals surface area contributed by atoms with Gasteiger partial charge in [0.15, 0.2) is 9.84 Å². The van der Waals surface area contributed by atoms with Gasteiger partial charge in [-0.3, -0.25) is 4.98 Å². The quantitative estimate of drug-likeness (QED) is 0.751. The number of rotatable bonds is 1. The van der Waals surface area contributed by atoms with Gasteiger partial charge in [-0.1, -0.05) is 0 Å². The molecule has 5 nitrogen and oxygen atoms in total. The van der Waals surface area contributed by atoms with E-state index in [0.29, 0.717) is 17.8 Å². The number of fused-ring (bicyclic) bond motifs is 1. The second-order valence-corrected chi connectivity index (χ2v) is 6.76. The highest BCUT2D eigenvalue weighted by Gasteiger charge is 2.33. The van der Waals surface area contributed by atoms with E-state index in [9.17, 15) is 8.42 Å². The molecule has 0 aliphatic carbocycles. The van der Waals surface area contributed by atoms with Crippen LogP contribution < -0.4 is 0 Å². The molecule has 2 aromatic rings. The summed E-state index contributed by atoms with van der Waals surface area (Å²) in [5.41, 5.74) is 2.46. The van der Waals surface area contributed by atoms with Gasteiger partial charge in [0.25, 0.3) is 0 Å². The van der Waals surface area contributed by atoms with E-state index in [2.05, 4.69) is 15.0 Å². The van der Waals surface area contributed by atoms with Crippen LogP contribution in [0.4, 0.5) is 0 Å². The molecule has 0 spiro atoms. The Morgan fingerprint density at radius 1 is 1.32 bits per heavy atom. The van der Waals surface area contributed by atoms with Crippen LogP contribution in [0.25, 0.3) is 11.3 Å². The molecular weight excluding hydrogens is 286 g/mol. The average Bonchev–Trinajstić information content (AvgIpc) is 2.65. The van der Waals surface area contributed by atoms with Gasteiger partial charge in [-0.05, 0) is 30.2 Å². The van der Waals surface area contributed by atoms with Crippen LogP contribution in [0.1, 0.15) is 11.3 Å². The molecule has 2 aromatic heterocycles. The van der Waals surface area contributed by atoms with Crippen molar-refractivity contribution in [2.75, 3.05) is 5.75 Å². The molecule has 3 rings (SSSR count). The van der Waals surface area contributed by atoms with E-state index in [-0.39, 0.29) is 15.9 Å². The third kappa shape index (κ3) is 2.01. The number of hydrogen-bond donors (Lipinski definition) is 0. The van der Waals surface area contributed by atoms with Gasteiger partial charge in [-0.25, -0.2) is 18.4 Å². The zero-order valence-corrected chi connectivity index (χ0v) is 11.7. The molecule has 98 valence electrons. The Morgan fingerprint density at radius 3 is 2.84 bits per heavy atom. The summed E-state index contributed by atoms with van der Waals surface area (Å²) in [6.07, 6.45) is 3.66. The predicted octanol–water partition coefficient (Wildman–Crippen LogP) is 1.83. The largest absolute Gasteiger partial charge is 0.264 e. The fourth-order valence-electron chi connectivity index (χ4n) is 2.22. The number of halogens is 1. The van der Waals surface area contributed by atoms with E-state index in [1.165, 1.54) is 0 Å². The molecule has 19 heavy (non-hydrogen) atoms. The first-order valence-corrected chi connectivity index (χ1v) is 7.72. The third-order valence-electron chi connectivity index (χ3n) is 3.10. The van der Waals surface area contributed by atoms with Crippen LogP contribution in [-0.4, -0.2) is 29.1 Å². The van der Waals surface area contributed by atoms with Crippen molar-refractivity contribution < 1.29 is 8.42 Å². The van der Waals surface area contributed by atoms with Crippen LogP contribution in [0, 0.1) is 6.92 Å². The van der Waals surface area contributed by atoms with Crippen molar-refractivity contribution in [1.29, 1.82) is 0 Å². The summed E-state index contributed by atoms with van der Waals surface area (Å²) in [4.78, 5) is 12.4. The van der Waals surface area contributed by atoms with Gasteiger partial charge in [0.05, 0.1) is 17.1 Å². The molecule has 0 bridgehead atoms. The van der Waals surface area contributed by atoms with Crippen LogP contribution in [0.3, 0.4) is 0 Å². The molecule has 0 fully saturated rings. The average molecular weight is 296 g/mol. The highest BCUT2D eigenvalue weighted by Crippen LogP contribution is 2.35. The van der Waals surface area contributed by atoms with Crippen LogP contribution in [0.5, 0.6) is 0 Å². The normalized spacial score (nSPS) is 16.3. The van der Waals surface area contributed by atoms with Crippen molar-refractivity contribution in [2.45, 2.75) is 18.2 Å². The van der Waals surface area contributed by atoms with Gasteiger partial charge in [-0.2, -0.15) is 0 Å². The first kappa shape index (κ1) is 12.5. The summed E-state index contributed by atoms with van der Waals surface area (Å²) in [6.45, 7) is 1.85. The van der Waals surface area contributed by atoms with E-state index in [4.69, 9.17) is 11.6 Å². The second kappa shape index (κ2) is 4.25. The minimum atomic E-state index is -3.32. The SMILES string of the molecule is Cc1cnccc1-c1nc(Cl)nc2c1S(=O)(=O)CC2. The number of aryl methyl sites for hydroxylation is 2. The lowest BCUT2D eigenvalue weighted by molar-refractivity contribution is 0.600. The molecule has 0 atom stereocenters. The van der Waals surface area contributed by atoms with Crippen molar-refractivity contribution in [3.05, 3.63) is 35.0 Å². The molecule has 0 saturated heterocycles. The van der Waals surface area contributed by atoms with Crippen LogP contribution in [0.2, 0.25) is 5.28 Å². The Hall–Kier alpha value is -1.53. The smallest absolute Gasteiger partial charge is 0.223 e. The van der Waals surface area contributed by atoms with Crippen molar-refractivity contribution in [3.63, 3.8) is 0 Å². The van der Waals surface area contributed by atoms with E-state index >= 15 is 0 Å². The lowest BCUT2D eigenvalue weighted by Crippen LogP contribution is -2.04.